The van der Waals surface area contributed by atoms with Crippen molar-refractivity contribution in [3.8, 4) is 11.3 Å². The number of halogens is 1. The van der Waals surface area contributed by atoms with Crippen molar-refractivity contribution >= 4 is 56.8 Å². The van der Waals surface area contributed by atoms with E-state index in [-0.39, 0.29) is 0 Å². The summed E-state index contributed by atoms with van der Waals surface area (Å²) in [6.07, 6.45) is 5.68. The Bertz CT molecular complexity index is 1110. The third-order valence-corrected chi connectivity index (χ3v) is 6.34. The van der Waals surface area contributed by atoms with E-state index < -0.39 is 0 Å². The predicted octanol–water partition coefficient (Wildman–Crippen LogP) is 4.77. The van der Waals surface area contributed by atoms with Crippen LogP contribution in [0.15, 0.2) is 49.2 Å². The number of aromatic nitrogens is 5. The summed E-state index contributed by atoms with van der Waals surface area (Å²) in [5.74, 6) is 0.736. The van der Waals surface area contributed by atoms with Gasteiger partial charge in [0.25, 0.3) is 0 Å². The van der Waals surface area contributed by atoms with E-state index >= 15 is 0 Å². The van der Waals surface area contributed by atoms with Crippen LogP contribution in [-0.4, -0.2) is 31.3 Å². The van der Waals surface area contributed by atoms with E-state index in [4.69, 9.17) is 0 Å². The van der Waals surface area contributed by atoms with Crippen LogP contribution in [-0.2, 0) is 0 Å². The minimum Gasteiger partial charge on any atom is -0.388 e. The molecule has 9 heteroatoms. The second kappa shape index (κ2) is 7.74. The Morgan fingerprint density at radius 3 is 2.81 bits per heavy atom. The highest BCUT2D eigenvalue weighted by Gasteiger charge is 2.16. The van der Waals surface area contributed by atoms with Gasteiger partial charge in [-0.25, -0.2) is 19.9 Å². The van der Waals surface area contributed by atoms with Gasteiger partial charge in [-0.05, 0) is 58.8 Å². The topological polar surface area (TPSA) is 80.6 Å². The molecule has 1 unspecified atom stereocenters. The number of fused-ring (bicyclic) bond motifs is 1. The molecule has 0 fully saturated rings. The van der Waals surface area contributed by atoms with Crippen LogP contribution < -0.4 is 10.6 Å². The van der Waals surface area contributed by atoms with Crippen LogP contribution in [0.4, 0.5) is 17.2 Å². The number of benzene rings is 1. The molecule has 4 rings (SSSR count). The van der Waals surface area contributed by atoms with Gasteiger partial charge in [0.05, 0.1) is 6.37 Å². The number of aryl methyl sites for hydroxylation is 1. The van der Waals surface area contributed by atoms with E-state index in [0.29, 0.717) is 6.37 Å². The summed E-state index contributed by atoms with van der Waals surface area (Å²) in [7, 11) is 1.91. The third-order valence-electron chi connectivity index (χ3n) is 4.27. The Kier molecular flexibility index (Phi) is 5.18. The molecule has 0 aliphatic heterocycles. The molecule has 3 heterocycles. The fourth-order valence-corrected chi connectivity index (χ4v) is 4.23. The molecular weight excluding hydrogens is 472 g/mol. The second-order valence-electron chi connectivity index (χ2n) is 5.90. The number of anilines is 3. The zero-order chi connectivity index (χ0) is 18.8. The van der Waals surface area contributed by atoms with E-state index in [9.17, 15) is 0 Å². The summed E-state index contributed by atoms with van der Waals surface area (Å²) in [5, 5.41) is 6.62. The summed E-state index contributed by atoms with van der Waals surface area (Å²) in [6, 6.07) is 10.1. The molecule has 136 valence electrons. The lowest BCUT2D eigenvalue weighted by atomic mass is 10.1. The number of hydrogen-bond donors (Lipinski definition) is 2. The molecule has 3 aromatic heterocycles. The van der Waals surface area contributed by atoms with Crippen molar-refractivity contribution in [2.24, 2.45) is 0 Å². The monoisotopic (exact) mass is 489 g/mol. The minimum atomic E-state index is 0.530. The first kappa shape index (κ1) is 18.1. The number of imidazole rings is 1. The van der Waals surface area contributed by atoms with Crippen LogP contribution in [0.25, 0.3) is 22.4 Å². The number of pyridine rings is 1. The normalized spacial score (nSPS) is 11.4. The SMILES string of the molecule is CNc1ccc(C)c(Nc2ncccc2-c2ncnc3c2ncn3PI)c1. The molecule has 0 aliphatic rings. The fraction of sp³-hybridized carbons (Fsp3) is 0.111. The predicted molar refractivity (Wildman–Crippen MR) is 120 cm³/mol. The summed E-state index contributed by atoms with van der Waals surface area (Å²) in [5.41, 5.74) is 6.42. The van der Waals surface area contributed by atoms with Gasteiger partial charge in [0.15, 0.2) is 5.65 Å². The fourth-order valence-electron chi connectivity index (χ4n) is 2.83. The molecule has 0 aliphatic carbocycles. The highest BCUT2D eigenvalue weighted by molar-refractivity contribution is 14.2. The van der Waals surface area contributed by atoms with Gasteiger partial charge in [-0.1, -0.05) is 6.07 Å². The standard InChI is InChI=1S/C18H17IN7P/c1-11-5-6-12(20-2)8-14(11)25-17-13(4-3-7-21-17)15-16-18(23-9-22-15)26(27-19)10-24-16/h3-10,20,27H,1-2H3,(H,21,25). The van der Waals surface area contributed by atoms with Gasteiger partial charge in [0.2, 0.25) is 0 Å². The highest BCUT2D eigenvalue weighted by atomic mass is 127. The lowest BCUT2D eigenvalue weighted by molar-refractivity contribution is 1.17. The average molecular weight is 489 g/mol. The van der Waals surface area contributed by atoms with E-state index in [1.54, 1.807) is 18.9 Å². The zero-order valence-corrected chi connectivity index (χ0v) is 17.9. The van der Waals surface area contributed by atoms with Crippen LogP contribution >= 0.6 is 28.4 Å². The minimum absolute atomic E-state index is 0.530. The van der Waals surface area contributed by atoms with Crippen molar-refractivity contribution in [3.05, 3.63) is 54.7 Å². The van der Waals surface area contributed by atoms with Crippen LogP contribution in [0.1, 0.15) is 5.56 Å². The summed E-state index contributed by atoms with van der Waals surface area (Å²) in [4.78, 5) is 18.0. The van der Waals surface area contributed by atoms with E-state index in [1.807, 2.05) is 29.6 Å². The van der Waals surface area contributed by atoms with Crippen molar-refractivity contribution in [3.63, 3.8) is 0 Å². The summed E-state index contributed by atoms with van der Waals surface area (Å²) in [6.45, 7) is 2.07. The van der Waals surface area contributed by atoms with E-state index in [2.05, 4.69) is 71.7 Å². The maximum absolute atomic E-state index is 4.55. The number of rotatable bonds is 5. The molecule has 0 radical (unpaired) electrons. The van der Waals surface area contributed by atoms with E-state index in [0.717, 1.165) is 45.2 Å². The van der Waals surface area contributed by atoms with Crippen molar-refractivity contribution in [1.82, 2.24) is 24.3 Å². The maximum atomic E-state index is 4.55. The van der Waals surface area contributed by atoms with Crippen molar-refractivity contribution in [1.29, 1.82) is 0 Å². The molecule has 27 heavy (non-hydrogen) atoms. The first-order valence-corrected chi connectivity index (χ1v) is 12.3. The van der Waals surface area contributed by atoms with Crippen molar-refractivity contribution < 1.29 is 0 Å². The Labute approximate surface area is 171 Å². The molecule has 4 aromatic rings. The number of nitrogens with one attached hydrogen (secondary N) is 2. The number of nitrogens with zero attached hydrogens (tertiary/aromatic N) is 5. The quantitative estimate of drug-likeness (QED) is 0.311. The van der Waals surface area contributed by atoms with Gasteiger partial charge in [-0.3, -0.25) is 4.34 Å². The van der Waals surface area contributed by atoms with Crippen LogP contribution in [0.2, 0.25) is 0 Å². The lowest BCUT2D eigenvalue weighted by Gasteiger charge is -2.14. The molecule has 2 N–H and O–H groups in total. The third kappa shape index (κ3) is 3.46. The maximum Gasteiger partial charge on any atom is 0.167 e. The van der Waals surface area contributed by atoms with Gasteiger partial charge >= 0.3 is 0 Å². The van der Waals surface area contributed by atoms with Crippen LogP contribution in [0.3, 0.4) is 0 Å². The molecule has 0 saturated carbocycles. The molecule has 0 saturated heterocycles. The molecule has 0 bridgehead atoms. The molecule has 0 amide bonds. The summed E-state index contributed by atoms with van der Waals surface area (Å²) >= 11 is 2.32. The number of hydrogen-bond acceptors (Lipinski definition) is 6. The molecule has 0 spiro atoms. The first-order valence-electron chi connectivity index (χ1n) is 8.26. The highest BCUT2D eigenvalue weighted by Crippen LogP contribution is 2.34. The zero-order valence-electron chi connectivity index (χ0n) is 14.7. The largest absolute Gasteiger partial charge is 0.388 e. The van der Waals surface area contributed by atoms with Crippen LogP contribution in [0, 0.1) is 6.92 Å². The molecular formula is C18H17IN7P. The summed E-state index contributed by atoms with van der Waals surface area (Å²) < 4.78 is 2.02. The Hall–Kier alpha value is -2.32. The second-order valence-corrected chi connectivity index (χ2v) is 8.00. The van der Waals surface area contributed by atoms with E-state index in [1.165, 1.54) is 0 Å². The van der Waals surface area contributed by atoms with Crippen LogP contribution in [0.5, 0.6) is 0 Å². The smallest absolute Gasteiger partial charge is 0.167 e. The molecule has 1 atom stereocenters. The van der Waals surface area contributed by atoms with Crippen molar-refractivity contribution in [2.45, 2.75) is 6.92 Å². The molecule has 7 nitrogen and oxygen atoms in total. The van der Waals surface area contributed by atoms with Gasteiger partial charge in [-0.2, -0.15) is 0 Å². The van der Waals surface area contributed by atoms with Crippen molar-refractivity contribution in [2.75, 3.05) is 17.7 Å². The molecule has 1 aromatic carbocycles. The Balaban J connectivity index is 1.82. The van der Waals surface area contributed by atoms with Gasteiger partial charge < -0.3 is 10.6 Å². The average Bonchev–Trinajstić information content (AvgIpc) is 3.13. The van der Waals surface area contributed by atoms with Gasteiger partial charge in [0.1, 0.15) is 29.7 Å². The Morgan fingerprint density at radius 1 is 1.11 bits per heavy atom. The van der Waals surface area contributed by atoms with Gasteiger partial charge in [-0.15, -0.1) is 0 Å². The van der Waals surface area contributed by atoms with Gasteiger partial charge in [0, 0.05) is 30.2 Å². The Morgan fingerprint density at radius 2 is 2.00 bits per heavy atom. The first-order chi connectivity index (χ1) is 13.2. The lowest BCUT2D eigenvalue weighted by Crippen LogP contribution is -2.00.